The number of nitrogens with zero attached hydrogens (tertiary/aromatic N) is 2. The van der Waals surface area contributed by atoms with Crippen LogP contribution in [0.15, 0.2) is 29.4 Å². The number of hydrogen-bond donors (Lipinski definition) is 1. The van der Waals surface area contributed by atoms with Crippen molar-refractivity contribution in [3.63, 3.8) is 0 Å². The molecule has 6 nitrogen and oxygen atoms in total. The maximum absolute atomic E-state index is 12.6. The minimum Gasteiger partial charge on any atom is -0.495 e. The lowest BCUT2D eigenvalue weighted by Gasteiger charge is -2.18. The second kappa shape index (κ2) is 6.05. The molecular formula is C13H16ClN3O3S. The highest BCUT2D eigenvalue weighted by Crippen LogP contribution is 2.31. The molecule has 0 radical (unpaired) electrons. The number of rotatable bonds is 5. The van der Waals surface area contributed by atoms with Gasteiger partial charge in [0.25, 0.3) is 0 Å². The van der Waals surface area contributed by atoms with Crippen LogP contribution < -0.4 is 4.74 Å². The summed E-state index contributed by atoms with van der Waals surface area (Å²) >= 11 is 6.03. The third-order valence-electron chi connectivity index (χ3n) is 3.10. The molecule has 21 heavy (non-hydrogen) atoms. The van der Waals surface area contributed by atoms with Gasteiger partial charge in [-0.3, -0.25) is 5.10 Å². The zero-order valence-electron chi connectivity index (χ0n) is 11.9. The predicted octanol–water partition coefficient (Wildman–Crippen LogP) is 2.20. The van der Waals surface area contributed by atoms with E-state index in [1.807, 2.05) is 0 Å². The van der Waals surface area contributed by atoms with Gasteiger partial charge >= 0.3 is 0 Å². The molecule has 0 fully saturated rings. The highest BCUT2D eigenvalue weighted by Gasteiger charge is 2.24. The summed E-state index contributed by atoms with van der Waals surface area (Å²) in [7, 11) is -0.642. The molecule has 0 aliphatic carbocycles. The Labute approximate surface area is 128 Å². The van der Waals surface area contributed by atoms with E-state index < -0.39 is 10.0 Å². The van der Waals surface area contributed by atoms with Crippen molar-refractivity contribution in [1.82, 2.24) is 14.5 Å². The van der Waals surface area contributed by atoms with E-state index in [4.69, 9.17) is 16.3 Å². The number of sulfonamides is 1. The van der Waals surface area contributed by atoms with E-state index >= 15 is 0 Å². The van der Waals surface area contributed by atoms with Crippen LogP contribution in [0.4, 0.5) is 0 Å². The van der Waals surface area contributed by atoms with Gasteiger partial charge in [0, 0.05) is 25.4 Å². The van der Waals surface area contributed by atoms with Crippen molar-refractivity contribution < 1.29 is 13.2 Å². The average Bonchev–Trinajstić information content (AvgIpc) is 2.93. The Hall–Kier alpha value is -1.57. The first-order chi connectivity index (χ1) is 9.86. The molecule has 1 N–H and O–H groups in total. The largest absolute Gasteiger partial charge is 0.495 e. The number of ether oxygens (including phenoxy) is 1. The van der Waals surface area contributed by atoms with Crippen molar-refractivity contribution in [2.75, 3.05) is 14.2 Å². The van der Waals surface area contributed by atoms with E-state index in [9.17, 15) is 8.42 Å². The number of nitrogens with one attached hydrogen (secondary N) is 1. The van der Waals surface area contributed by atoms with Crippen LogP contribution in [0.2, 0.25) is 5.02 Å². The summed E-state index contributed by atoms with van der Waals surface area (Å²) in [5.41, 5.74) is 1.36. The lowest BCUT2D eigenvalue weighted by molar-refractivity contribution is 0.414. The van der Waals surface area contributed by atoms with Crippen LogP contribution in [0.1, 0.15) is 11.1 Å². The van der Waals surface area contributed by atoms with Crippen molar-refractivity contribution in [2.45, 2.75) is 18.4 Å². The van der Waals surface area contributed by atoms with Gasteiger partial charge in [-0.2, -0.15) is 9.40 Å². The first-order valence-corrected chi connectivity index (χ1v) is 7.96. The summed E-state index contributed by atoms with van der Waals surface area (Å²) in [5, 5.41) is 6.72. The van der Waals surface area contributed by atoms with E-state index in [2.05, 4.69) is 10.2 Å². The van der Waals surface area contributed by atoms with Gasteiger partial charge in [-0.1, -0.05) is 11.6 Å². The van der Waals surface area contributed by atoms with E-state index in [1.165, 1.54) is 24.5 Å². The molecule has 0 aliphatic heterocycles. The normalized spacial score (nSPS) is 11.9. The smallest absolute Gasteiger partial charge is 0.243 e. The Morgan fingerprint density at radius 1 is 1.43 bits per heavy atom. The molecule has 1 heterocycles. The molecule has 1 aromatic carbocycles. The van der Waals surface area contributed by atoms with Crippen LogP contribution in [-0.4, -0.2) is 37.1 Å². The summed E-state index contributed by atoms with van der Waals surface area (Å²) in [5.74, 6) is 0.450. The summed E-state index contributed by atoms with van der Waals surface area (Å²) in [4.78, 5) is 0.166. The van der Waals surface area contributed by atoms with Gasteiger partial charge in [-0.25, -0.2) is 8.42 Å². The van der Waals surface area contributed by atoms with E-state index in [1.54, 1.807) is 25.4 Å². The second-order valence-electron chi connectivity index (χ2n) is 4.62. The minimum absolute atomic E-state index is 0.166. The van der Waals surface area contributed by atoms with E-state index in [0.29, 0.717) is 11.3 Å². The second-order valence-corrected chi connectivity index (χ2v) is 7.04. The molecule has 0 amide bonds. The molecule has 1 aromatic heterocycles. The predicted molar refractivity (Wildman–Crippen MR) is 80.0 cm³/mol. The molecule has 0 aliphatic rings. The monoisotopic (exact) mass is 329 g/mol. The van der Waals surface area contributed by atoms with Crippen LogP contribution in [0.3, 0.4) is 0 Å². The Balaban J connectivity index is 2.37. The van der Waals surface area contributed by atoms with E-state index in [-0.39, 0.29) is 16.5 Å². The van der Waals surface area contributed by atoms with Crippen molar-refractivity contribution >= 4 is 21.6 Å². The summed E-state index contributed by atoms with van der Waals surface area (Å²) in [6.07, 6.45) is 3.24. The Morgan fingerprint density at radius 2 is 2.14 bits per heavy atom. The molecule has 0 atom stereocenters. The fourth-order valence-corrected chi connectivity index (χ4v) is 3.64. The number of benzene rings is 1. The molecule has 8 heteroatoms. The van der Waals surface area contributed by atoms with Gasteiger partial charge in [0.15, 0.2) is 0 Å². The lowest BCUT2D eigenvalue weighted by Crippen LogP contribution is -2.27. The van der Waals surface area contributed by atoms with Crippen molar-refractivity contribution in [3.8, 4) is 5.75 Å². The quantitative estimate of drug-likeness (QED) is 0.912. The SMILES string of the molecule is COc1cc(C)c(S(=O)(=O)N(C)Cc2cn[nH]c2)cc1Cl. The molecule has 0 bridgehead atoms. The van der Waals surface area contributed by atoms with Gasteiger partial charge in [0.05, 0.1) is 23.2 Å². The van der Waals surface area contributed by atoms with Crippen molar-refractivity contribution in [1.29, 1.82) is 0 Å². The Bertz CT molecular complexity index is 729. The van der Waals surface area contributed by atoms with Gasteiger partial charge < -0.3 is 4.74 Å². The number of H-pyrrole nitrogens is 1. The summed E-state index contributed by atoms with van der Waals surface area (Å²) in [6.45, 7) is 1.93. The van der Waals surface area contributed by atoms with Crippen LogP contribution in [0.25, 0.3) is 0 Å². The first kappa shape index (κ1) is 15.8. The topological polar surface area (TPSA) is 75.3 Å². The number of aryl methyl sites for hydroxylation is 1. The average molecular weight is 330 g/mol. The Kier molecular flexibility index (Phi) is 4.55. The number of halogens is 1. The van der Waals surface area contributed by atoms with Gasteiger partial charge in [-0.15, -0.1) is 0 Å². The fraction of sp³-hybridized carbons (Fsp3) is 0.308. The van der Waals surface area contributed by atoms with Crippen LogP contribution in [-0.2, 0) is 16.6 Å². The third kappa shape index (κ3) is 3.20. The van der Waals surface area contributed by atoms with Crippen LogP contribution >= 0.6 is 11.6 Å². The van der Waals surface area contributed by atoms with E-state index in [0.717, 1.165) is 5.56 Å². The molecule has 0 spiro atoms. The highest BCUT2D eigenvalue weighted by atomic mass is 35.5. The van der Waals surface area contributed by atoms with Gasteiger partial charge in [0.2, 0.25) is 10.0 Å². The van der Waals surface area contributed by atoms with Crippen molar-refractivity contribution in [2.24, 2.45) is 0 Å². The summed E-state index contributed by atoms with van der Waals surface area (Å²) < 4.78 is 31.6. The maximum Gasteiger partial charge on any atom is 0.243 e. The molecule has 0 unspecified atom stereocenters. The molecule has 2 aromatic rings. The van der Waals surface area contributed by atoms with Gasteiger partial charge in [0.1, 0.15) is 5.75 Å². The number of hydrogen-bond acceptors (Lipinski definition) is 4. The standard InChI is InChI=1S/C13H16ClN3O3S/c1-9-4-12(20-3)11(14)5-13(9)21(18,19)17(2)8-10-6-15-16-7-10/h4-7H,8H2,1-3H3,(H,15,16). The molecule has 114 valence electrons. The van der Waals surface area contributed by atoms with Crippen molar-refractivity contribution in [3.05, 3.63) is 40.7 Å². The summed E-state index contributed by atoms with van der Waals surface area (Å²) in [6, 6.07) is 3.03. The molecule has 2 rings (SSSR count). The molecular weight excluding hydrogens is 314 g/mol. The number of aromatic amines is 1. The first-order valence-electron chi connectivity index (χ1n) is 6.14. The minimum atomic E-state index is -3.64. The third-order valence-corrected chi connectivity index (χ3v) is 5.34. The zero-order valence-corrected chi connectivity index (χ0v) is 13.5. The maximum atomic E-state index is 12.6. The zero-order chi connectivity index (χ0) is 15.6. The highest BCUT2D eigenvalue weighted by molar-refractivity contribution is 7.89. The molecule has 0 saturated carbocycles. The lowest BCUT2D eigenvalue weighted by atomic mass is 10.2. The number of methoxy groups -OCH3 is 1. The fourth-order valence-electron chi connectivity index (χ4n) is 1.95. The molecule has 0 saturated heterocycles. The van der Waals surface area contributed by atoms with Gasteiger partial charge in [-0.05, 0) is 24.6 Å². The number of aromatic nitrogens is 2. The van der Waals surface area contributed by atoms with Crippen LogP contribution in [0.5, 0.6) is 5.75 Å². The Morgan fingerprint density at radius 3 is 2.71 bits per heavy atom. The van der Waals surface area contributed by atoms with Crippen LogP contribution in [0, 0.1) is 6.92 Å².